The number of hydrogen-bond donors (Lipinski definition) is 1. The first-order valence-corrected chi connectivity index (χ1v) is 8.94. The molecule has 1 saturated carbocycles. The summed E-state index contributed by atoms with van der Waals surface area (Å²) in [6.45, 7) is 4.27. The second-order valence-electron chi connectivity index (χ2n) is 6.43. The van der Waals surface area contributed by atoms with E-state index in [9.17, 15) is 0 Å². The molecule has 0 bridgehead atoms. The largest absolute Gasteiger partial charge is 0.330 e. The molecular formula is C15H26N4S. The number of nitrogens with zero attached hydrogens (tertiary/aromatic N) is 3. The Hall–Kier alpha value is -0.550. The maximum atomic E-state index is 5.97. The van der Waals surface area contributed by atoms with E-state index in [0.29, 0.717) is 11.2 Å². The van der Waals surface area contributed by atoms with Gasteiger partial charge in [0, 0.05) is 18.2 Å². The second kappa shape index (κ2) is 6.48. The molecule has 1 aromatic rings. The van der Waals surface area contributed by atoms with Crippen LogP contribution in [-0.2, 0) is 13.0 Å². The molecule has 0 radical (unpaired) electrons. The molecule has 3 unspecified atom stereocenters. The van der Waals surface area contributed by atoms with Crippen molar-refractivity contribution in [1.82, 2.24) is 14.8 Å². The molecule has 0 spiro atoms. The van der Waals surface area contributed by atoms with Gasteiger partial charge in [-0.25, -0.2) is 0 Å². The number of fused-ring (bicyclic) bond motifs is 1. The van der Waals surface area contributed by atoms with Crippen LogP contribution in [0.5, 0.6) is 0 Å². The Morgan fingerprint density at radius 3 is 3.00 bits per heavy atom. The minimum atomic E-state index is 0.625. The summed E-state index contributed by atoms with van der Waals surface area (Å²) in [5, 5.41) is 10.6. The Morgan fingerprint density at radius 2 is 2.15 bits per heavy atom. The lowest BCUT2D eigenvalue weighted by Gasteiger charge is -2.33. The van der Waals surface area contributed by atoms with E-state index in [1.54, 1.807) is 0 Å². The van der Waals surface area contributed by atoms with Crippen LogP contribution in [0.1, 0.15) is 51.3 Å². The topological polar surface area (TPSA) is 56.7 Å². The smallest absolute Gasteiger partial charge is 0.191 e. The molecule has 3 atom stereocenters. The zero-order valence-corrected chi connectivity index (χ0v) is 13.2. The van der Waals surface area contributed by atoms with Gasteiger partial charge in [-0.3, -0.25) is 0 Å². The van der Waals surface area contributed by atoms with Gasteiger partial charge < -0.3 is 10.3 Å². The van der Waals surface area contributed by atoms with Crippen molar-refractivity contribution >= 4 is 11.8 Å². The summed E-state index contributed by atoms with van der Waals surface area (Å²) in [5.74, 6) is 2.66. The van der Waals surface area contributed by atoms with Gasteiger partial charge in [-0.2, -0.15) is 0 Å². The van der Waals surface area contributed by atoms with Gasteiger partial charge in [0.2, 0.25) is 0 Å². The van der Waals surface area contributed by atoms with Gasteiger partial charge in [-0.1, -0.05) is 31.5 Å². The molecule has 3 rings (SSSR count). The second-order valence-corrected chi connectivity index (χ2v) is 7.64. The van der Waals surface area contributed by atoms with E-state index in [1.807, 2.05) is 11.8 Å². The van der Waals surface area contributed by atoms with E-state index < -0.39 is 0 Å². The highest BCUT2D eigenvalue weighted by Crippen LogP contribution is 2.39. The van der Waals surface area contributed by atoms with Crippen molar-refractivity contribution in [2.75, 3.05) is 6.54 Å². The van der Waals surface area contributed by atoms with Gasteiger partial charge in [-0.05, 0) is 44.1 Å². The molecule has 0 saturated heterocycles. The van der Waals surface area contributed by atoms with Crippen LogP contribution in [0.3, 0.4) is 0 Å². The van der Waals surface area contributed by atoms with Crippen LogP contribution in [0.4, 0.5) is 0 Å². The Kier molecular flexibility index (Phi) is 4.66. The third kappa shape index (κ3) is 3.03. The first-order valence-electron chi connectivity index (χ1n) is 8.06. The molecule has 0 aromatic carbocycles. The summed E-state index contributed by atoms with van der Waals surface area (Å²) in [6.07, 6.45) is 8.81. The molecule has 0 amide bonds. The van der Waals surface area contributed by atoms with Gasteiger partial charge in [0.1, 0.15) is 5.82 Å². The van der Waals surface area contributed by atoms with Crippen molar-refractivity contribution in [2.24, 2.45) is 17.6 Å². The number of aryl methyl sites for hydroxylation is 1. The van der Waals surface area contributed by atoms with E-state index in [0.717, 1.165) is 30.6 Å². The van der Waals surface area contributed by atoms with Crippen molar-refractivity contribution in [3.05, 3.63) is 5.82 Å². The van der Waals surface area contributed by atoms with Crippen LogP contribution >= 0.6 is 11.8 Å². The number of thioether (sulfide) groups is 1. The summed E-state index contributed by atoms with van der Waals surface area (Å²) in [4.78, 5) is 0. The maximum absolute atomic E-state index is 5.97. The molecule has 20 heavy (non-hydrogen) atoms. The molecular weight excluding hydrogens is 268 g/mol. The molecule has 5 heteroatoms. The highest BCUT2D eigenvalue weighted by Gasteiger charge is 2.30. The molecule has 2 aliphatic rings. The highest BCUT2D eigenvalue weighted by molar-refractivity contribution is 7.99. The monoisotopic (exact) mass is 294 g/mol. The zero-order chi connectivity index (χ0) is 13.9. The maximum Gasteiger partial charge on any atom is 0.191 e. The van der Waals surface area contributed by atoms with Crippen molar-refractivity contribution in [3.63, 3.8) is 0 Å². The summed E-state index contributed by atoms with van der Waals surface area (Å²) in [5.41, 5.74) is 5.97. The molecule has 4 nitrogen and oxygen atoms in total. The molecule has 2 N–H and O–H groups in total. The van der Waals surface area contributed by atoms with Crippen molar-refractivity contribution < 1.29 is 0 Å². The van der Waals surface area contributed by atoms with Crippen LogP contribution in [-0.4, -0.2) is 26.6 Å². The van der Waals surface area contributed by atoms with E-state index in [1.165, 1.54) is 44.3 Å². The van der Waals surface area contributed by atoms with Crippen LogP contribution in [0.15, 0.2) is 5.16 Å². The van der Waals surface area contributed by atoms with Gasteiger partial charge >= 0.3 is 0 Å². The minimum absolute atomic E-state index is 0.625. The van der Waals surface area contributed by atoms with Gasteiger partial charge in [0.05, 0.1) is 0 Å². The van der Waals surface area contributed by atoms with E-state index in [-0.39, 0.29) is 0 Å². The van der Waals surface area contributed by atoms with Crippen molar-refractivity contribution in [1.29, 1.82) is 0 Å². The van der Waals surface area contributed by atoms with Crippen LogP contribution < -0.4 is 5.73 Å². The summed E-state index contributed by atoms with van der Waals surface area (Å²) in [6, 6.07) is 0. The fourth-order valence-electron chi connectivity index (χ4n) is 3.49. The van der Waals surface area contributed by atoms with E-state index in [2.05, 4.69) is 21.7 Å². The first kappa shape index (κ1) is 14.4. The van der Waals surface area contributed by atoms with Crippen molar-refractivity contribution in [3.8, 4) is 0 Å². The Balaban J connectivity index is 1.74. The molecule has 1 aliphatic heterocycles. The highest BCUT2D eigenvalue weighted by atomic mass is 32.2. The Bertz CT molecular complexity index is 445. The van der Waals surface area contributed by atoms with Gasteiger partial charge in [0.25, 0.3) is 0 Å². The summed E-state index contributed by atoms with van der Waals surface area (Å²) in [7, 11) is 0. The van der Waals surface area contributed by atoms with Gasteiger partial charge in [0.15, 0.2) is 5.16 Å². The fourth-order valence-corrected chi connectivity index (χ4v) is 5.03. The first-order chi connectivity index (χ1) is 9.78. The lowest BCUT2D eigenvalue weighted by Crippen LogP contribution is -2.32. The van der Waals surface area contributed by atoms with E-state index >= 15 is 0 Å². The molecule has 112 valence electrons. The van der Waals surface area contributed by atoms with Gasteiger partial charge in [-0.15, -0.1) is 10.2 Å². The number of hydrogen-bond acceptors (Lipinski definition) is 4. The summed E-state index contributed by atoms with van der Waals surface area (Å²) < 4.78 is 2.37. The average Bonchev–Trinajstić information content (AvgIpc) is 2.68. The van der Waals surface area contributed by atoms with Crippen LogP contribution in [0, 0.1) is 11.8 Å². The normalized spacial score (nSPS) is 30.8. The molecule has 1 aromatic heterocycles. The Morgan fingerprint density at radius 1 is 1.25 bits per heavy atom. The fraction of sp³-hybridized carbons (Fsp3) is 0.867. The van der Waals surface area contributed by atoms with Crippen molar-refractivity contribution in [2.45, 2.75) is 68.8 Å². The lowest BCUT2D eigenvalue weighted by molar-refractivity contribution is 0.305. The predicted octanol–water partition coefficient (Wildman–Crippen LogP) is 2.86. The predicted molar refractivity (Wildman–Crippen MR) is 82.8 cm³/mol. The molecule has 1 aliphatic carbocycles. The number of aromatic nitrogens is 3. The third-order valence-electron chi connectivity index (χ3n) is 4.83. The van der Waals surface area contributed by atoms with Crippen LogP contribution in [0.25, 0.3) is 0 Å². The van der Waals surface area contributed by atoms with E-state index in [4.69, 9.17) is 5.73 Å². The number of rotatable bonds is 3. The average molecular weight is 294 g/mol. The molecule has 1 fully saturated rings. The lowest BCUT2D eigenvalue weighted by atomic mass is 9.82. The van der Waals surface area contributed by atoms with Crippen LogP contribution in [0.2, 0.25) is 0 Å². The minimum Gasteiger partial charge on any atom is -0.330 e. The number of nitrogens with two attached hydrogens (primary N) is 1. The molecule has 2 heterocycles. The quantitative estimate of drug-likeness (QED) is 0.931. The standard InChI is InChI=1S/C15H26N4S/c1-11-6-7-12(10-16)13(9-11)20-15-18-17-14-5-3-2-4-8-19(14)15/h11-13H,2-10,16H2,1H3. The summed E-state index contributed by atoms with van der Waals surface area (Å²) >= 11 is 1.94. The SMILES string of the molecule is CC1CCC(CN)C(Sc2nnc3n2CCCCC3)C1. The Labute approximate surface area is 125 Å². The third-order valence-corrected chi connectivity index (χ3v) is 6.22. The zero-order valence-electron chi connectivity index (χ0n) is 12.4.